The summed E-state index contributed by atoms with van der Waals surface area (Å²) in [7, 11) is 4.11. The second kappa shape index (κ2) is 11.1. The van der Waals surface area contributed by atoms with Gasteiger partial charge in [-0.2, -0.15) is 0 Å². The van der Waals surface area contributed by atoms with Gasteiger partial charge in [0.05, 0.1) is 12.7 Å². The SMILES string of the molecule is Cc1cc(Nc2cccc(N)c2-c2cc(F)cc(F)c2)cc(N2CCC(OCCN(C)C)CC2)c1. The molecule has 0 radical (unpaired) electrons. The Balaban J connectivity index is 1.52. The van der Waals surface area contributed by atoms with Gasteiger partial charge in [0.2, 0.25) is 0 Å². The maximum Gasteiger partial charge on any atom is 0.126 e. The molecule has 1 saturated heterocycles. The van der Waals surface area contributed by atoms with Gasteiger partial charge in [0.1, 0.15) is 11.6 Å². The molecule has 1 aliphatic rings. The number of nitrogen functional groups attached to an aromatic ring is 1. The third-order valence-electron chi connectivity index (χ3n) is 6.29. The quantitative estimate of drug-likeness (QED) is 0.398. The van der Waals surface area contributed by atoms with Crippen LogP contribution in [-0.4, -0.2) is 51.3 Å². The summed E-state index contributed by atoms with van der Waals surface area (Å²) >= 11 is 0. The van der Waals surface area contributed by atoms with Crippen LogP contribution in [0.5, 0.6) is 0 Å². The highest BCUT2D eigenvalue weighted by Crippen LogP contribution is 2.37. The highest BCUT2D eigenvalue weighted by atomic mass is 19.1. The van der Waals surface area contributed by atoms with Crippen LogP contribution in [0.3, 0.4) is 0 Å². The summed E-state index contributed by atoms with van der Waals surface area (Å²) in [5.41, 5.74) is 11.5. The Morgan fingerprint density at radius 1 is 1.03 bits per heavy atom. The second-order valence-corrected chi connectivity index (χ2v) is 9.47. The van der Waals surface area contributed by atoms with Crippen molar-refractivity contribution in [2.75, 3.05) is 56.3 Å². The number of aryl methyl sites for hydroxylation is 1. The lowest BCUT2D eigenvalue weighted by atomic mass is 10.0. The van der Waals surface area contributed by atoms with Crippen LogP contribution in [0.25, 0.3) is 11.1 Å². The lowest BCUT2D eigenvalue weighted by Gasteiger charge is -2.34. The van der Waals surface area contributed by atoms with E-state index in [4.69, 9.17) is 10.5 Å². The summed E-state index contributed by atoms with van der Waals surface area (Å²) in [4.78, 5) is 4.51. The van der Waals surface area contributed by atoms with Crippen LogP contribution < -0.4 is 16.0 Å². The van der Waals surface area contributed by atoms with Gasteiger partial charge in [-0.25, -0.2) is 8.78 Å². The van der Waals surface area contributed by atoms with E-state index >= 15 is 0 Å². The normalized spacial score (nSPS) is 14.5. The smallest absolute Gasteiger partial charge is 0.126 e. The number of halogens is 2. The Kier molecular flexibility index (Phi) is 7.88. The van der Waals surface area contributed by atoms with Crippen molar-refractivity contribution >= 4 is 22.7 Å². The fourth-order valence-corrected chi connectivity index (χ4v) is 4.55. The summed E-state index contributed by atoms with van der Waals surface area (Å²) in [6.07, 6.45) is 2.29. The maximum absolute atomic E-state index is 13.9. The predicted molar refractivity (Wildman–Crippen MR) is 140 cm³/mol. The van der Waals surface area contributed by atoms with E-state index in [0.29, 0.717) is 28.6 Å². The van der Waals surface area contributed by atoms with Crippen LogP contribution in [0, 0.1) is 18.6 Å². The largest absolute Gasteiger partial charge is 0.398 e. The number of piperidine rings is 1. The van der Waals surface area contributed by atoms with Crippen molar-refractivity contribution in [2.45, 2.75) is 25.9 Å². The van der Waals surface area contributed by atoms with Crippen LogP contribution in [0.15, 0.2) is 54.6 Å². The minimum atomic E-state index is -0.638. The molecule has 4 rings (SSSR count). The number of nitrogens with one attached hydrogen (secondary N) is 1. The molecule has 0 spiro atoms. The molecular weight excluding hydrogens is 446 g/mol. The first-order chi connectivity index (χ1) is 16.8. The van der Waals surface area contributed by atoms with Crippen molar-refractivity contribution in [3.8, 4) is 11.1 Å². The Morgan fingerprint density at radius 3 is 2.43 bits per heavy atom. The number of rotatable bonds is 8. The van der Waals surface area contributed by atoms with Gasteiger partial charge in [-0.15, -0.1) is 0 Å². The Hall–Kier alpha value is -3.16. The van der Waals surface area contributed by atoms with Gasteiger partial charge in [-0.3, -0.25) is 0 Å². The van der Waals surface area contributed by atoms with Crippen LogP contribution in [0.4, 0.5) is 31.5 Å². The number of anilines is 4. The first-order valence-electron chi connectivity index (χ1n) is 12.0. The molecule has 3 aromatic carbocycles. The van der Waals surface area contributed by atoms with E-state index in [1.54, 1.807) is 6.07 Å². The fraction of sp³-hybridized carbons (Fsp3) is 0.357. The number of benzene rings is 3. The average Bonchev–Trinajstić information content (AvgIpc) is 2.78. The van der Waals surface area contributed by atoms with Crippen LogP contribution in [-0.2, 0) is 4.74 Å². The minimum Gasteiger partial charge on any atom is -0.398 e. The van der Waals surface area contributed by atoms with Crippen molar-refractivity contribution in [1.29, 1.82) is 0 Å². The number of hydrogen-bond donors (Lipinski definition) is 2. The molecule has 186 valence electrons. The Morgan fingerprint density at radius 2 is 1.74 bits per heavy atom. The standard InChI is InChI=1S/C28H34F2N4O/c1-19-13-23(18-24(14-19)34-9-7-25(8-10-34)35-12-11-33(2)3)32-27-6-4-5-26(31)28(27)20-15-21(29)17-22(30)16-20/h4-6,13-18,25,32H,7-12,31H2,1-3H3. The lowest BCUT2D eigenvalue weighted by molar-refractivity contribution is 0.0294. The van der Waals surface area contributed by atoms with Crippen LogP contribution in [0.1, 0.15) is 18.4 Å². The molecule has 0 unspecified atom stereocenters. The van der Waals surface area contributed by atoms with E-state index in [1.807, 2.05) is 12.1 Å². The number of hydrogen-bond acceptors (Lipinski definition) is 5. The molecule has 0 amide bonds. The minimum absolute atomic E-state index is 0.301. The van der Waals surface area contributed by atoms with Crippen molar-refractivity contribution in [3.63, 3.8) is 0 Å². The topological polar surface area (TPSA) is 53.8 Å². The van der Waals surface area contributed by atoms with Gasteiger partial charge >= 0.3 is 0 Å². The van der Waals surface area contributed by atoms with Gasteiger partial charge in [0, 0.05) is 54.0 Å². The molecule has 1 heterocycles. The molecule has 7 heteroatoms. The second-order valence-electron chi connectivity index (χ2n) is 9.47. The highest BCUT2D eigenvalue weighted by molar-refractivity contribution is 5.89. The van der Waals surface area contributed by atoms with E-state index in [0.717, 1.165) is 62.1 Å². The molecule has 35 heavy (non-hydrogen) atoms. The number of ether oxygens (including phenoxy) is 1. The summed E-state index contributed by atoms with van der Waals surface area (Å²) in [5, 5.41) is 3.44. The van der Waals surface area contributed by atoms with Crippen molar-refractivity contribution in [3.05, 3.63) is 71.8 Å². The molecule has 0 aliphatic carbocycles. The van der Waals surface area contributed by atoms with Gasteiger partial charge in [0.25, 0.3) is 0 Å². The molecule has 3 N–H and O–H groups in total. The summed E-state index contributed by atoms with van der Waals surface area (Å²) in [6.45, 7) is 5.62. The van der Waals surface area contributed by atoms with Gasteiger partial charge in [0.15, 0.2) is 0 Å². The summed E-state index contributed by atoms with van der Waals surface area (Å²) in [5.74, 6) is -1.28. The molecule has 5 nitrogen and oxygen atoms in total. The summed E-state index contributed by atoms with van der Waals surface area (Å²) in [6, 6.07) is 15.2. The zero-order valence-corrected chi connectivity index (χ0v) is 20.7. The Labute approximate surface area is 206 Å². The molecule has 0 bridgehead atoms. The average molecular weight is 481 g/mol. The van der Waals surface area contributed by atoms with Gasteiger partial charge < -0.3 is 25.6 Å². The number of likely N-dealkylation sites (N-methyl/N-ethyl adjacent to an activating group) is 1. The van der Waals surface area contributed by atoms with E-state index in [9.17, 15) is 8.78 Å². The molecule has 3 aromatic rings. The Bertz CT molecular complexity index is 1140. The summed E-state index contributed by atoms with van der Waals surface area (Å²) < 4.78 is 33.9. The molecule has 1 fully saturated rings. The van der Waals surface area contributed by atoms with Crippen molar-refractivity contribution < 1.29 is 13.5 Å². The molecule has 0 aromatic heterocycles. The lowest BCUT2D eigenvalue weighted by Crippen LogP contribution is -2.37. The third-order valence-corrected chi connectivity index (χ3v) is 6.29. The molecule has 1 aliphatic heterocycles. The first-order valence-corrected chi connectivity index (χ1v) is 12.0. The van der Waals surface area contributed by atoms with Crippen molar-refractivity contribution in [1.82, 2.24) is 4.90 Å². The zero-order valence-electron chi connectivity index (χ0n) is 20.7. The van der Waals surface area contributed by atoms with Crippen molar-refractivity contribution in [2.24, 2.45) is 0 Å². The molecular formula is C28H34F2N4O. The molecule has 0 atom stereocenters. The fourth-order valence-electron chi connectivity index (χ4n) is 4.55. The first kappa shape index (κ1) is 24.9. The monoisotopic (exact) mass is 480 g/mol. The van der Waals surface area contributed by atoms with Gasteiger partial charge in [-0.05, 0) is 87.5 Å². The number of nitrogens with two attached hydrogens (primary N) is 1. The van der Waals surface area contributed by atoms with E-state index in [1.165, 1.54) is 12.1 Å². The molecule has 0 saturated carbocycles. The number of nitrogens with zero attached hydrogens (tertiary/aromatic N) is 2. The highest BCUT2D eigenvalue weighted by Gasteiger charge is 2.21. The van der Waals surface area contributed by atoms with Crippen LogP contribution in [0.2, 0.25) is 0 Å². The van der Waals surface area contributed by atoms with E-state index in [-0.39, 0.29) is 0 Å². The van der Waals surface area contributed by atoms with E-state index < -0.39 is 11.6 Å². The van der Waals surface area contributed by atoms with E-state index in [2.05, 4.69) is 54.3 Å². The van der Waals surface area contributed by atoms with Crippen LogP contribution >= 0.6 is 0 Å². The zero-order chi connectivity index (χ0) is 24.9. The maximum atomic E-state index is 13.9. The predicted octanol–water partition coefficient (Wildman–Crippen LogP) is 5.81. The third kappa shape index (κ3) is 6.50. The van der Waals surface area contributed by atoms with Gasteiger partial charge in [-0.1, -0.05) is 6.07 Å².